The average Bonchev–Trinajstić information content (AvgIpc) is 3.01. The SMILES string of the molecule is C[C@@H](NC(=O)C(=O)N/N=C\c1ccco1)c1ccccc1. The van der Waals surface area contributed by atoms with Gasteiger partial charge < -0.3 is 9.73 Å². The van der Waals surface area contributed by atoms with Crippen molar-refractivity contribution >= 4 is 18.0 Å². The maximum absolute atomic E-state index is 11.7. The molecule has 2 aromatic rings. The highest BCUT2D eigenvalue weighted by Gasteiger charge is 2.16. The number of benzene rings is 1. The third kappa shape index (κ3) is 4.31. The fourth-order valence-corrected chi connectivity index (χ4v) is 1.66. The van der Waals surface area contributed by atoms with Crippen LogP contribution in [0.15, 0.2) is 58.2 Å². The highest BCUT2D eigenvalue weighted by molar-refractivity contribution is 6.35. The van der Waals surface area contributed by atoms with Crippen LogP contribution in [0.3, 0.4) is 0 Å². The van der Waals surface area contributed by atoms with Gasteiger partial charge in [0.05, 0.1) is 18.5 Å². The van der Waals surface area contributed by atoms with Gasteiger partial charge in [-0.2, -0.15) is 5.10 Å². The molecule has 2 N–H and O–H groups in total. The Balaban J connectivity index is 1.84. The quantitative estimate of drug-likeness (QED) is 0.508. The van der Waals surface area contributed by atoms with Crippen LogP contribution in [0.2, 0.25) is 0 Å². The van der Waals surface area contributed by atoms with E-state index < -0.39 is 11.8 Å². The van der Waals surface area contributed by atoms with Crippen molar-refractivity contribution in [3.8, 4) is 0 Å². The molecule has 2 rings (SSSR count). The first-order chi connectivity index (χ1) is 10.2. The molecule has 2 amide bonds. The molecule has 0 fully saturated rings. The molecule has 1 heterocycles. The Morgan fingerprint density at radius 1 is 1.14 bits per heavy atom. The number of hydrogen-bond donors (Lipinski definition) is 2. The second kappa shape index (κ2) is 7.04. The van der Waals surface area contributed by atoms with Crippen LogP contribution < -0.4 is 10.7 Å². The highest BCUT2D eigenvalue weighted by atomic mass is 16.3. The number of furan rings is 1. The molecule has 0 bridgehead atoms. The van der Waals surface area contributed by atoms with Gasteiger partial charge in [0.15, 0.2) is 0 Å². The van der Waals surface area contributed by atoms with E-state index in [1.54, 1.807) is 19.1 Å². The van der Waals surface area contributed by atoms with Crippen LogP contribution >= 0.6 is 0 Å². The zero-order valence-electron chi connectivity index (χ0n) is 11.4. The molecule has 0 aliphatic carbocycles. The molecule has 0 aliphatic rings. The van der Waals surface area contributed by atoms with Gasteiger partial charge in [-0.3, -0.25) is 9.59 Å². The molecular weight excluding hydrogens is 270 g/mol. The summed E-state index contributed by atoms with van der Waals surface area (Å²) >= 11 is 0. The summed E-state index contributed by atoms with van der Waals surface area (Å²) in [6.07, 6.45) is 2.79. The number of carbonyl (C=O) groups is 2. The van der Waals surface area contributed by atoms with E-state index in [1.165, 1.54) is 12.5 Å². The number of nitrogens with one attached hydrogen (secondary N) is 2. The summed E-state index contributed by atoms with van der Waals surface area (Å²) in [5, 5.41) is 6.23. The number of hydrazone groups is 1. The predicted octanol–water partition coefficient (Wildman–Crippen LogP) is 1.61. The second-order valence-corrected chi connectivity index (χ2v) is 4.32. The van der Waals surface area contributed by atoms with Crippen molar-refractivity contribution in [1.82, 2.24) is 10.7 Å². The third-order valence-corrected chi connectivity index (χ3v) is 2.75. The minimum Gasteiger partial charge on any atom is -0.463 e. The third-order valence-electron chi connectivity index (χ3n) is 2.75. The molecule has 0 saturated heterocycles. The summed E-state index contributed by atoms with van der Waals surface area (Å²) in [5.74, 6) is -1.10. The van der Waals surface area contributed by atoms with E-state index in [9.17, 15) is 9.59 Å². The van der Waals surface area contributed by atoms with E-state index in [0.29, 0.717) is 5.76 Å². The summed E-state index contributed by atoms with van der Waals surface area (Å²) < 4.78 is 5.00. The summed E-state index contributed by atoms with van der Waals surface area (Å²) in [7, 11) is 0. The molecule has 1 aromatic carbocycles. The molecule has 1 atom stereocenters. The topological polar surface area (TPSA) is 83.7 Å². The van der Waals surface area contributed by atoms with Crippen LogP contribution in [0.1, 0.15) is 24.3 Å². The van der Waals surface area contributed by atoms with Crippen LogP contribution in [0, 0.1) is 0 Å². The van der Waals surface area contributed by atoms with E-state index in [2.05, 4.69) is 15.8 Å². The van der Waals surface area contributed by atoms with Crippen LogP contribution in [-0.4, -0.2) is 18.0 Å². The van der Waals surface area contributed by atoms with Crippen molar-refractivity contribution in [3.63, 3.8) is 0 Å². The molecule has 0 saturated carbocycles. The van der Waals surface area contributed by atoms with Crippen molar-refractivity contribution < 1.29 is 14.0 Å². The minimum atomic E-state index is -0.833. The number of amides is 2. The van der Waals surface area contributed by atoms with Crippen molar-refractivity contribution in [1.29, 1.82) is 0 Å². The lowest BCUT2D eigenvalue weighted by molar-refractivity contribution is -0.139. The van der Waals surface area contributed by atoms with Gasteiger partial charge in [0.25, 0.3) is 0 Å². The molecule has 0 radical (unpaired) electrons. The first kappa shape index (κ1) is 14.5. The normalized spacial score (nSPS) is 12.0. The Labute approximate surface area is 121 Å². The molecular formula is C15H15N3O3. The van der Waals surface area contributed by atoms with Crippen LogP contribution in [0.4, 0.5) is 0 Å². The van der Waals surface area contributed by atoms with Gasteiger partial charge in [0, 0.05) is 0 Å². The molecule has 1 aromatic heterocycles. The van der Waals surface area contributed by atoms with Crippen molar-refractivity contribution in [2.45, 2.75) is 13.0 Å². The minimum absolute atomic E-state index is 0.265. The Morgan fingerprint density at radius 3 is 2.57 bits per heavy atom. The molecule has 21 heavy (non-hydrogen) atoms. The maximum atomic E-state index is 11.7. The van der Waals surface area contributed by atoms with Crippen LogP contribution in [-0.2, 0) is 9.59 Å². The van der Waals surface area contributed by atoms with Crippen molar-refractivity contribution in [3.05, 3.63) is 60.1 Å². The van der Waals surface area contributed by atoms with Crippen LogP contribution in [0.5, 0.6) is 0 Å². The van der Waals surface area contributed by atoms with Gasteiger partial charge in [0.1, 0.15) is 5.76 Å². The number of hydrogen-bond acceptors (Lipinski definition) is 4. The lowest BCUT2D eigenvalue weighted by Crippen LogP contribution is -2.39. The number of rotatable bonds is 4. The zero-order chi connectivity index (χ0) is 15.1. The standard InChI is InChI=1S/C15H15N3O3/c1-11(12-6-3-2-4-7-12)17-14(19)15(20)18-16-10-13-8-5-9-21-13/h2-11H,1H3,(H,17,19)(H,18,20)/b16-10-/t11-/m1/s1. The average molecular weight is 285 g/mol. The van der Waals surface area contributed by atoms with Gasteiger partial charge in [-0.15, -0.1) is 0 Å². The Morgan fingerprint density at radius 2 is 1.90 bits per heavy atom. The molecule has 6 heteroatoms. The number of nitrogens with zero attached hydrogens (tertiary/aromatic N) is 1. The smallest absolute Gasteiger partial charge is 0.329 e. The Hall–Kier alpha value is -2.89. The van der Waals surface area contributed by atoms with Gasteiger partial charge >= 0.3 is 11.8 Å². The lowest BCUT2D eigenvalue weighted by atomic mass is 10.1. The van der Waals surface area contributed by atoms with E-state index in [-0.39, 0.29) is 6.04 Å². The maximum Gasteiger partial charge on any atom is 0.329 e. The van der Waals surface area contributed by atoms with E-state index in [1.807, 2.05) is 30.3 Å². The molecule has 0 unspecified atom stereocenters. The van der Waals surface area contributed by atoms with Gasteiger partial charge in [-0.05, 0) is 24.6 Å². The second-order valence-electron chi connectivity index (χ2n) is 4.32. The summed E-state index contributed by atoms with van der Waals surface area (Å²) in [4.78, 5) is 23.3. The van der Waals surface area contributed by atoms with Crippen molar-refractivity contribution in [2.24, 2.45) is 5.10 Å². The zero-order valence-corrected chi connectivity index (χ0v) is 11.4. The van der Waals surface area contributed by atoms with E-state index in [4.69, 9.17) is 4.42 Å². The van der Waals surface area contributed by atoms with Crippen LogP contribution in [0.25, 0.3) is 0 Å². The largest absolute Gasteiger partial charge is 0.463 e. The van der Waals surface area contributed by atoms with Gasteiger partial charge in [-0.25, -0.2) is 5.43 Å². The Bertz CT molecular complexity index is 621. The van der Waals surface area contributed by atoms with E-state index in [0.717, 1.165) is 5.56 Å². The molecule has 6 nitrogen and oxygen atoms in total. The van der Waals surface area contributed by atoms with Gasteiger partial charge in [-0.1, -0.05) is 30.3 Å². The molecule has 0 aliphatic heterocycles. The Kier molecular flexibility index (Phi) is 4.87. The van der Waals surface area contributed by atoms with E-state index >= 15 is 0 Å². The first-order valence-corrected chi connectivity index (χ1v) is 6.39. The summed E-state index contributed by atoms with van der Waals surface area (Å²) in [5.41, 5.74) is 3.05. The summed E-state index contributed by atoms with van der Waals surface area (Å²) in [6.45, 7) is 1.80. The lowest BCUT2D eigenvalue weighted by Gasteiger charge is -2.13. The highest BCUT2D eigenvalue weighted by Crippen LogP contribution is 2.10. The summed E-state index contributed by atoms with van der Waals surface area (Å²) in [6, 6.07) is 12.5. The fraction of sp³-hybridized carbons (Fsp3) is 0.133. The molecule has 108 valence electrons. The number of carbonyl (C=O) groups excluding carboxylic acids is 2. The molecule has 0 spiro atoms. The van der Waals surface area contributed by atoms with Crippen molar-refractivity contribution in [2.75, 3.05) is 0 Å². The fourth-order valence-electron chi connectivity index (χ4n) is 1.66. The van der Waals surface area contributed by atoms with Gasteiger partial charge in [0.2, 0.25) is 0 Å². The first-order valence-electron chi connectivity index (χ1n) is 6.39. The monoisotopic (exact) mass is 285 g/mol. The predicted molar refractivity (Wildman–Crippen MR) is 77.4 cm³/mol.